The largest absolute Gasteiger partial charge is 0.478 e. The number of nitriles is 1. The van der Waals surface area contributed by atoms with Crippen LogP contribution in [0.2, 0.25) is 0 Å². The number of aromatic nitrogens is 2. The van der Waals surface area contributed by atoms with Crippen LogP contribution in [-0.2, 0) is 0 Å². The molecule has 0 bridgehead atoms. The normalized spacial score (nSPS) is 12.2. The molecular formula is C21H18Br2N4O2. The summed E-state index contributed by atoms with van der Waals surface area (Å²) in [5, 5.41) is 13.7. The van der Waals surface area contributed by atoms with E-state index in [9.17, 15) is 4.79 Å². The lowest BCUT2D eigenvalue weighted by molar-refractivity contribution is 0.367. The van der Waals surface area contributed by atoms with Crippen molar-refractivity contribution in [3.63, 3.8) is 0 Å². The zero-order valence-corrected chi connectivity index (χ0v) is 19.1. The Labute approximate surface area is 185 Å². The van der Waals surface area contributed by atoms with Gasteiger partial charge < -0.3 is 4.74 Å². The molecule has 0 saturated heterocycles. The monoisotopic (exact) mass is 516 g/mol. The van der Waals surface area contributed by atoms with Crippen molar-refractivity contribution in [2.24, 2.45) is 5.10 Å². The summed E-state index contributed by atoms with van der Waals surface area (Å²) >= 11 is 6.83. The molecule has 6 nitrogen and oxygen atoms in total. The summed E-state index contributed by atoms with van der Waals surface area (Å²) in [4.78, 5) is 17.9. The van der Waals surface area contributed by atoms with Gasteiger partial charge in [0.1, 0.15) is 17.6 Å². The van der Waals surface area contributed by atoms with E-state index in [4.69, 9.17) is 15.0 Å². The van der Waals surface area contributed by atoms with Gasteiger partial charge in [0, 0.05) is 20.4 Å². The van der Waals surface area contributed by atoms with Crippen LogP contribution in [0.5, 0.6) is 5.75 Å². The Morgan fingerprint density at radius 1 is 1.28 bits per heavy atom. The molecule has 1 heterocycles. The molecule has 2 aromatic carbocycles. The van der Waals surface area contributed by atoms with Gasteiger partial charge in [-0.25, -0.2) is 4.98 Å². The van der Waals surface area contributed by atoms with Gasteiger partial charge in [-0.3, -0.25) is 4.79 Å². The minimum Gasteiger partial charge on any atom is -0.478 e. The lowest BCUT2D eigenvalue weighted by Crippen LogP contribution is -2.23. The predicted octanol–water partition coefficient (Wildman–Crippen LogP) is 5.22. The topological polar surface area (TPSA) is 80.3 Å². The molecule has 3 aromatic rings. The lowest BCUT2D eigenvalue weighted by atomic mass is 10.1. The summed E-state index contributed by atoms with van der Waals surface area (Å²) in [5.74, 6) is 1.15. The molecule has 0 radical (unpaired) electrons. The molecule has 0 amide bonds. The fourth-order valence-electron chi connectivity index (χ4n) is 2.76. The van der Waals surface area contributed by atoms with E-state index in [0.29, 0.717) is 28.0 Å². The summed E-state index contributed by atoms with van der Waals surface area (Å²) in [6.45, 7) is 3.98. The Morgan fingerprint density at radius 2 is 2.00 bits per heavy atom. The number of nitrogens with zero attached hydrogens (tertiary/aromatic N) is 4. The number of benzene rings is 2. The highest BCUT2D eigenvalue weighted by Gasteiger charge is 2.16. The summed E-state index contributed by atoms with van der Waals surface area (Å²) in [7, 11) is 0. The second-order valence-corrected chi connectivity index (χ2v) is 8.26. The minimum atomic E-state index is -0.239. The molecule has 148 valence electrons. The van der Waals surface area contributed by atoms with Crippen LogP contribution in [0.25, 0.3) is 10.9 Å². The molecule has 0 aliphatic rings. The number of rotatable bonds is 6. The Hall–Kier alpha value is -2.50. The van der Waals surface area contributed by atoms with Crippen LogP contribution < -0.4 is 10.3 Å². The fraction of sp³-hybridized carbons (Fsp3) is 0.238. The third-order valence-electron chi connectivity index (χ3n) is 4.46. The lowest BCUT2D eigenvalue weighted by Gasteiger charge is -2.14. The Kier molecular flexibility index (Phi) is 6.83. The third kappa shape index (κ3) is 4.74. The van der Waals surface area contributed by atoms with E-state index >= 15 is 0 Å². The average molecular weight is 518 g/mol. The van der Waals surface area contributed by atoms with Crippen molar-refractivity contribution in [1.29, 1.82) is 5.26 Å². The second-order valence-electron chi connectivity index (χ2n) is 6.43. The molecule has 1 aromatic heterocycles. The molecule has 29 heavy (non-hydrogen) atoms. The molecule has 0 N–H and O–H groups in total. The summed E-state index contributed by atoms with van der Waals surface area (Å²) in [6.07, 6.45) is 2.37. The van der Waals surface area contributed by atoms with Crippen molar-refractivity contribution in [1.82, 2.24) is 9.66 Å². The van der Waals surface area contributed by atoms with E-state index in [1.165, 1.54) is 4.68 Å². The molecule has 0 spiro atoms. The van der Waals surface area contributed by atoms with Gasteiger partial charge in [-0.1, -0.05) is 45.7 Å². The maximum atomic E-state index is 13.2. The number of hydrogen-bond acceptors (Lipinski definition) is 5. The maximum absolute atomic E-state index is 13.2. The van der Waals surface area contributed by atoms with Crippen LogP contribution in [0.3, 0.4) is 0 Å². The molecular weight excluding hydrogens is 500 g/mol. The Balaban J connectivity index is 2.17. The van der Waals surface area contributed by atoms with Crippen molar-refractivity contribution >= 4 is 49.0 Å². The second kappa shape index (κ2) is 9.33. The zero-order valence-electron chi connectivity index (χ0n) is 15.9. The molecule has 0 saturated carbocycles. The SMILES string of the molecule is CC[C@H](C)c1nc2ccc(Br)cc2c(=O)n1N=Cc1cc(Br)ccc1OCC#N. The van der Waals surface area contributed by atoms with Crippen molar-refractivity contribution in [2.45, 2.75) is 26.2 Å². The molecule has 0 aliphatic carbocycles. The Morgan fingerprint density at radius 3 is 2.72 bits per heavy atom. The molecule has 3 rings (SSSR count). The van der Waals surface area contributed by atoms with Gasteiger partial charge in [0.05, 0.1) is 17.1 Å². The molecule has 8 heteroatoms. The number of hydrogen-bond donors (Lipinski definition) is 0. The van der Waals surface area contributed by atoms with E-state index in [1.807, 2.05) is 44.2 Å². The van der Waals surface area contributed by atoms with Crippen LogP contribution in [0.15, 0.2) is 55.2 Å². The van der Waals surface area contributed by atoms with Crippen LogP contribution in [0.4, 0.5) is 0 Å². The van der Waals surface area contributed by atoms with Crippen LogP contribution in [0, 0.1) is 11.3 Å². The molecule has 0 fully saturated rings. The van der Waals surface area contributed by atoms with Crippen molar-refractivity contribution in [2.75, 3.05) is 6.61 Å². The highest BCUT2D eigenvalue weighted by atomic mass is 79.9. The number of halogens is 2. The third-order valence-corrected chi connectivity index (χ3v) is 5.45. The van der Waals surface area contributed by atoms with Gasteiger partial charge >= 0.3 is 0 Å². The van der Waals surface area contributed by atoms with Gasteiger partial charge in [0.25, 0.3) is 5.56 Å². The fourth-order valence-corrected chi connectivity index (χ4v) is 3.50. The first-order valence-electron chi connectivity index (χ1n) is 9.00. The standard InChI is InChI=1S/C21H18Br2N4O2/c1-3-13(2)20-26-18-6-4-16(23)11-17(18)21(28)27(20)25-12-14-10-15(22)5-7-19(14)29-9-8-24/h4-7,10-13H,3,9H2,1-2H3/t13-/m0/s1. The number of fused-ring (bicyclic) bond motifs is 1. The van der Waals surface area contributed by atoms with Crippen molar-refractivity contribution in [3.8, 4) is 11.8 Å². The first-order chi connectivity index (χ1) is 13.9. The molecule has 0 unspecified atom stereocenters. The highest BCUT2D eigenvalue weighted by Crippen LogP contribution is 2.23. The minimum absolute atomic E-state index is 0.0460. The van der Waals surface area contributed by atoms with Gasteiger partial charge in [-0.15, -0.1) is 0 Å². The smallest absolute Gasteiger partial charge is 0.282 e. The van der Waals surface area contributed by atoms with Gasteiger partial charge in [0.2, 0.25) is 0 Å². The highest BCUT2D eigenvalue weighted by molar-refractivity contribution is 9.10. The molecule has 1 atom stereocenters. The van der Waals surface area contributed by atoms with Crippen LogP contribution >= 0.6 is 31.9 Å². The Bertz CT molecular complexity index is 1180. The van der Waals surface area contributed by atoms with Gasteiger partial charge in [-0.2, -0.15) is 15.0 Å². The first kappa shape index (κ1) is 21.2. The maximum Gasteiger partial charge on any atom is 0.282 e. The van der Waals surface area contributed by atoms with Crippen LogP contribution in [-0.4, -0.2) is 22.5 Å². The molecule has 0 aliphatic heterocycles. The van der Waals surface area contributed by atoms with E-state index in [2.05, 4.69) is 37.0 Å². The summed E-state index contributed by atoms with van der Waals surface area (Å²) in [5.41, 5.74) is 1.05. The predicted molar refractivity (Wildman–Crippen MR) is 121 cm³/mol. The quantitative estimate of drug-likeness (QED) is 0.420. The van der Waals surface area contributed by atoms with Gasteiger partial charge in [0.15, 0.2) is 6.61 Å². The van der Waals surface area contributed by atoms with Crippen LogP contribution in [0.1, 0.15) is 37.6 Å². The van der Waals surface area contributed by atoms with Crippen molar-refractivity contribution < 1.29 is 4.74 Å². The zero-order chi connectivity index (χ0) is 21.0. The first-order valence-corrected chi connectivity index (χ1v) is 10.6. The van der Waals surface area contributed by atoms with E-state index in [0.717, 1.165) is 15.4 Å². The van der Waals surface area contributed by atoms with Crippen molar-refractivity contribution in [3.05, 3.63) is 67.1 Å². The van der Waals surface area contributed by atoms with E-state index in [1.54, 1.807) is 18.3 Å². The summed E-state index contributed by atoms with van der Waals surface area (Å²) < 4.78 is 8.44. The van der Waals surface area contributed by atoms with Gasteiger partial charge in [-0.05, 0) is 42.8 Å². The van der Waals surface area contributed by atoms with E-state index in [-0.39, 0.29) is 18.1 Å². The number of ether oxygens (including phenoxy) is 1. The average Bonchev–Trinajstić information content (AvgIpc) is 2.72. The summed E-state index contributed by atoms with van der Waals surface area (Å²) in [6, 6.07) is 12.8. The van der Waals surface area contributed by atoms with E-state index < -0.39 is 0 Å².